The smallest absolute Gasteiger partial charge is 0.408 e. The number of carbonyl (C=O) groups excluding carboxylic acids is 1. The van der Waals surface area contributed by atoms with Gasteiger partial charge in [-0.25, -0.2) is 9.59 Å². The van der Waals surface area contributed by atoms with Crippen LogP contribution in [-0.4, -0.2) is 26.8 Å². The highest BCUT2D eigenvalue weighted by molar-refractivity contribution is 5.74. The van der Waals surface area contributed by atoms with E-state index in [0.717, 1.165) is 11.0 Å². The van der Waals surface area contributed by atoms with Gasteiger partial charge in [0.1, 0.15) is 5.60 Å². The van der Waals surface area contributed by atoms with Crippen molar-refractivity contribution in [2.24, 2.45) is 0 Å². The van der Waals surface area contributed by atoms with Gasteiger partial charge in [-0.15, -0.1) is 0 Å². The summed E-state index contributed by atoms with van der Waals surface area (Å²) >= 11 is 0. The number of amides is 1. The first-order valence-electron chi connectivity index (χ1n) is 7.76. The fourth-order valence-corrected chi connectivity index (χ4v) is 2.36. The molecule has 0 aliphatic rings. The van der Waals surface area contributed by atoms with Crippen molar-refractivity contribution in [1.82, 2.24) is 14.9 Å². The number of hydrogen-bond donors (Lipinski definition) is 2. The van der Waals surface area contributed by atoms with Gasteiger partial charge in [0.15, 0.2) is 0 Å². The predicted octanol–water partition coefficient (Wildman–Crippen LogP) is 3.02. The minimum Gasteiger partial charge on any atom is -0.444 e. The van der Waals surface area contributed by atoms with Crippen LogP contribution in [0.2, 0.25) is 0 Å². The van der Waals surface area contributed by atoms with E-state index in [9.17, 15) is 9.59 Å². The van der Waals surface area contributed by atoms with Gasteiger partial charge in [0.25, 0.3) is 0 Å². The molecule has 1 heterocycles. The first-order valence-corrected chi connectivity index (χ1v) is 7.76. The lowest BCUT2D eigenvalue weighted by molar-refractivity contribution is 0.0466. The Bertz CT molecular complexity index is 750. The SMILES string of the molecule is CC(C)(CCn1c(=O)[nH]c2ccccc21)NC(=O)OC(C)(C)C. The summed E-state index contributed by atoms with van der Waals surface area (Å²) in [7, 11) is 0. The molecule has 1 aromatic heterocycles. The van der Waals surface area contributed by atoms with E-state index < -0.39 is 17.2 Å². The van der Waals surface area contributed by atoms with Gasteiger partial charge in [0.05, 0.1) is 11.0 Å². The standard InChI is InChI=1S/C17H25N3O3/c1-16(2,3)23-15(22)19-17(4,5)10-11-20-13-9-7-6-8-12(13)18-14(20)21/h6-9H,10-11H2,1-5H3,(H,18,21)(H,19,22). The molecule has 0 bridgehead atoms. The number of fused-ring (bicyclic) bond motifs is 1. The number of ether oxygens (including phenoxy) is 1. The average Bonchev–Trinajstić information content (AvgIpc) is 2.69. The van der Waals surface area contributed by atoms with Crippen LogP contribution >= 0.6 is 0 Å². The molecule has 0 fully saturated rings. The Morgan fingerprint density at radius 2 is 1.87 bits per heavy atom. The largest absolute Gasteiger partial charge is 0.444 e. The van der Waals surface area contributed by atoms with Crippen LogP contribution in [0.25, 0.3) is 11.0 Å². The van der Waals surface area contributed by atoms with Crippen LogP contribution in [0, 0.1) is 0 Å². The molecule has 0 aliphatic heterocycles. The molecule has 0 spiro atoms. The fraction of sp³-hybridized carbons (Fsp3) is 0.529. The first-order chi connectivity index (χ1) is 10.6. The third-order valence-electron chi connectivity index (χ3n) is 3.48. The number of aryl methyl sites for hydroxylation is 1. The second-order valence-corrected chi connectivity index (χ2v) is 7.36. The number of benzene rings is 1. The zero-order chi connectivity index (χ0) is 17.3. The van der Waals surface area contributed by atoms with E-state index in [1.807, 2.05) is 58.9 Å². The molecule has 0 saturated carbocycles. The van der Waals surface area contributed by atoms with Crippen LogP contribution < -0.4 is 11.0 Å². The topological polar surface area (TPSA) is 76.1 Å². The third kappa shape index (κ3) is 4.61. The van der Waals surface area contributed by atoms with E-state index in [1.54, 1.807) is 4.57 Å². The highest BCUT2D eigenvalue weighted by Gasteiger charge is 2.24. The molecule has 2 aromatic rings. The van der Waals surface area contributed by atoms with Crippen molar-refractivity contribution < 1.29 is 9.53 Å². The van der Waals surface area contributed by atoms with Crippen LogP contribution in [0.15, 0.2) is 29.1 Å². The van der Waals surface area contributed by atoms with Gasteiger partial charge in [0.2, 0.25) is 0 Å². The quantitative estimate of drug-likeness (QED) is 0.909. The maximum atomic E-state index is 12.1. The van der Waals surface area contributed by atoms with Crippen molar-refractivity contribution in [3.8, 4) is 0 Å². The molecule has 1 aromatic carbocycles. The molecule has 2 N–H and O–H groups in total. The minimum absolute atomic E-state index is 0.140. The van der Waals surface area contributed by atoms with Crippen LogP contribution in [0.3, 0.4) is 0 Å². The Morgan fingerprint density at radius 1 is 1.22 bits per heavy atom. The van der Waals surface area contributed by atoms with Gasteiger partial charge < -0.3 is 15.0 Å². The van der Waals surface area contributed by atoms with E-state index in [1.165, 1.54) is 0 Å². The summed E-state index contributed by atoms with van der Waals surface area (Å²) in [4.78, 5) is 26.8. The predicted molar refractivity (Wildman–Crippen MR) is 90.6 cm³/mol. The maximum absolute atomic E-state index is 12.1. The lowest BCUT2D eigenvalue weighted by Gasteiger charge is -2.28. The summed E-state index contributed by atoms with van der Waals surface area (Å²) in [5.74, 6) is 0. The summed E-state index contributed by atoms with van der Waals surface area (Å²) in [6.45, 7) is 9.81. The van der Waals surface area contributed by atoms with E-state index in [0.29, 0.717) is 13.0 Å². The van der Waals surface area contributed by atoms with Gasteiger partial charge >= 0.3 is 11.8 Å². The Hall–Kier alpha value is -2.24. The van der Waals surface area contributed by atoms with Crippen molar-refractivity contribution in [2.75, 3.05) is 0 Å². The van der Waals surface area contributed by atoms with Crippen molar-refractivity contribution in [1.29, 1.82) is 0 Å². The summed E-state index contributed by atoms with van der Waals surface area (Å²) in [5, 5.41) is 2.86. The Kier molecular flexibility index (Phi) is 4.54. The first kappa shape index (κ1) is 17.1. The minimum atomic E-state index is -0.534. The number of para-hydroxylation sites is 2. The molecule has 23 heavy (non-hydrogen) atoms. The second kappa shape index (κ2) is 6.10. The lowest BCUT2D eigenvalue weighted by atomic mass is 10.0. The fourth-order valence-electron chi connectivity index (χ4n) is 2.36. The van der Waals surface area contributed by atoms with Crippen molar-refractivity contribution in [3.05, 3.63) is 34.7 Å². The van der Waals surface area contributed by atoms with Gasteiger partial charge in [0, 0.05) is 12.1 Å². The van der Waals surface area contributed by atoms with Gasteiger partial charge in [-0.05, 0) is 53.2 Å². The molecule has 0 unspecified atom stereocenters. The summed E-state index contributed by atoms with van der Waals surface area (Å²) in [6.07, 6.45) is 0.155. The number of hydrogen-bond acceptors (Lipinski definition) is 3. The molecule has 0 radical (unpaired) electrons. The molecule has 0 atom stereocenters. The normalized spacial score (nSPS) is 12.4. The van der Waals surface area contributed by atoms with Crippen molar-refractivity contribution in [3.63, 3.8) is 0 Å². The van der Waals surface area contributed by atoms with Crippen LogP contribution in [0.1, 0.15) is 41.0 Å². The molecule has 6 nitrogen and oxygen atoms in total. The Morgan fingerprint density at radius 3 is 2.52 bits per heavy atom. The van der Waals surface area contributed by atoms with Gasteiger partial charge in [-0.3, -0.25) is 4.57 Å². The summed E-state index contributed by atoms with van der Waals surface area (Å²) < 4.78 is 6.97. The number of H-pyrrole nitrogens is 1. The number of aromatic nitrogens is 2. The van der Waals surface area contributed by atoms with Crippen LogP contribution in [-0.2, 0) is 11.3 Å². The number of alkyl carbamates (subject to hydrolysis) is 1. The molecule has 126 valence electrons. The molecule has 6 heteroatoms. The highest BCUT2D eigenvalue weighted by Crippen LogP contribution is 2.15. The number of nitrogens with zero attached hydrogens (tertiary/aromatic N) is 1. The molecule has 0 saturated heterocycles. The Balaban J connectivity index is 2.05. The summed E-state index contributed by atoms with van der Waals surface area (Å²) in [5.41, 5.74) is 0.522. The zero-order valence-electron chi connectivity index (χ0n) is 14.4. The number of carbonyl (C=O) groups is 1. The highest BCUT2D eigenvalue weighted by atomic mass is 16.6. The molecular formula is C17H25N3O3. The number of nitrogens with one attached hydrogen (secondary N) is 2. The number of aromatic amines is 1. The second-order valence-electron chi connectivity index (χ2n) is 7.36. The van der Waals surface area contributed by atoms with Crippen LogP contribution in [0.5, 0.6) is 0 Å². The van der Waals surface area contributed by atoms with E-state index in [-0.39, 0.29) is 5.69 Å². The Labute approximate surface area is 135 Å². The van der Waals surface area contributed by atoms with E-state index in [4.69, 9.17) is 4.74 Å². The summed E-state index contributed by atoms with van der Waals surface area (Å²) in [6, 6.07) is 7.56. The van der Waals surface area contributed by atoms with E-state index >= 15 is 0 Å². The van der Waals surface area contributed by atoms with Crippen molar-refractivity contribution >= 4 is 17.1 Å². The maximum Gasteiger partial charge on any atom is 0.408 e. The van der Waals surface area contributed by atoms with Gasteiger partial charge in [-0.1, -0.05) is 12.1 Å². The third-order valence-corrected chi connectivity index (χ3v) is 3.48. The molecule has 2 rings (SSSR count). The monoisotopic (exact) mass is 319 g/mol. The molecule has 1 amide bonds. The zero-order valence-corrected chi connectivity index (χ0v) is 14.4. The van der Waals surface area contributed by atoms with Crippen LogP contribution in [0.4, 0.5) is 4.79 Å². The lowest BCUT2D eigenvalue weighted by Crippen LogP contribution is -2.46. The number of imidazole rings is 1. The number of rotatable bonds is 4. The average molecular weight is 319 g/mol. The van der Waals surface area contributed by atoms with E-state index in [2.05, 4.69) is 10.3 Å². The molecule has 0 aliphatic carbocycles. The van der Waals surface area contributed by atoms with Crippen molar-refractivity contribution in [2.45, 2.75) is 58.7 Å². The van der Waals surface area contributed by atoms with Gasteiger partial charge in [-0.2, -0.15) is 0 Å². The molecular weight excluding hydrogens is 294 g/mol.